The highest BCUT2D eigenvalue weighted by Gasteiger charge is 2.34. The lowest BCUT2D eigenvalue weighted by Crippen LogP contribution is -2.32. The monoisotopic (exact) mass is 331 g/mol. The number of alkyl halides is 3. The molecule has 1 unspecified atom stereocenters. The number of ether oxygens (including phenoxy) is 1. The molecular formula is C15H13ClF3NO2. The van der Waals surface area contributed by atoms with Crippen LogP contribution < -0.4 is 4.74 Å². The van der Waals surface area contributed by atoms with Crippen LogP contribution in [-0.2, 0) is 12.7 Å². The highest BCUT2D eigenvalue weighted by Crippen LogP contribution is 2.38. The van der Waals surface area contributed by atoms with Gasteiger partial charge in [0.15, 0.2) is 0 Å². The van der Waals surface area contributed by atoms with Gasteiger partial charge in [0, 0.05) is 12.1 Å². The number of hydrogen-bond donors (Lipinski definition) is 0. The van der Waals surface area contributed by atoms with Crippen LogP contribution in [0.4, 0.5) is 13.2 Å². The molecule has 3 nitrogen and oxygen atoms in total. The second-order valence-corrected chi connectivity index (χ2v) is 5.65. The Balaban J connectivity index is 1.89. The zero-order valence-corrected chi connectivity index (χ0v) is 12.4. The van der Waals surface area contributed by atoms with Crippen molar-refractivity contribution < 1.29 is 22.3 Å². The molecule has 0 aliphatic carbocycles. The van der Waals surface area contributed by atoms with Gasteiger partial charge < -0.3 is 9.15 Å². The summed E-state index contributed by atoms with van der Waals surface area (Å²) in [4.78, 5) is 1.98. The van der Waals surface area contributed by atoms with Crippen LogP contribution in [0.15, 0.2) is 34.9 Å². The number of benzene rings is 1. The van der Waals surface area contributed by atoms with Crippen LogP contribution in [0.5, 0.6) is 5.75 Å². The van der Waals surface area contributed by atoms with E-state index in [-0.39, 0.29) is 16.9 Å². The van der Waals surface area contributed by atoms with Crippen LogP contribution in [-0.4, -0.2) is 18.5 Å². The number of nitrogens with zero attached hydrogens (tertiary/aromatic N) is 1. The van der Waals surface area contributed by atoms with Crippen LogP contribution >= 0.6 is 11.6 Å². The van der Waals surface area contributed by atoms with E-state index < -0.39 is 11.7 Å². The normalized spacial score (nSPS) is 19.0. The molecule has 0 spiro atoms. The molecule has 118 valence electrons. The third-order valence-corrected chi connectivity index (χ3v) is 3.87. The zero-order chi connectivity index (χ0) is 15.9. The van der Waals surface area contributed by atoms with Crippen molar-refractivity contribution in [1.29, 1.82) is 0 Å². The van der Waals surface area contributed by atoms with Gasteiger partial charge >= 0.3 is 6.18 Å². The minimum atomic E-state index is -4.51. The van der Waals surface area contributed by atoms with Gasteiger partial charge in [0.1, 0.15) is 17.6 Å². The fourth-order valence-corrected chi connectivity index (χ4v) is 2.74. The summed E-state index contributed by atoms with van der Waals surface area (Å²) in [6, 6.07) is 5.35. The molecule has 1 aromatic carbocycles. The summed E-state index contributed by atoms with van der Waals surface area (Å²) in [5, 5.41) is -0.343. The summed E-state index contributed by atoms with van der Waals surface area (Å²) in [5.41, 5.74) is -0.0372. The van der Waals surface area contributed by atoms with Gasteiger partial charge in [0.05, 0.1) is 23.4 Å². The molecule has 1 aliphatic heterocycles. The minimum Gasteiger partial charge on any atom is -0.484 e. The van der Waals surface area contributed by atoms with Gasteiger partial charge in [-0.3, -0.25) is 4.90 Å². The average Bonchev–Trinajstić information content (AvgIpc) is 2.87. The van der Waals surface area contributed by atoms with E-state index in [9.17, 15) is 13.2 Å². The van der Waals surface area contributed by atoms with Crippen LogP contribution in [0.3, 0.4) is 0 Å². The molecule has 0 saturated carbocycles. The van der Waals surface area contributed by atoms with Gasteiger partial charge in [-0.25, -0.2) is 0 Å². The molecule has 0 N–H and O–H groups in total. The third kappa shape index (κ3) is 2.94. The Hall–Kier alpha value is -1.66. The minimum absolute atomic E-state index is 0.129. The van der Waals surface area contributed by atoms with Gasteiger partial charge in [0.2, 0.25) is 0 Å². The molecule has 2 heterocycles. The zero-order valence-electron chi connectivity index (χ0n) is 11.7. The number of fused-ring (bicyclic) bond motifs is 1. The van der Waals surface area contributed by atoms with Gasteiger partial charge in [0.25, 0.3) is 0 Å². The first kappa shape index (κ1) is 15.2. The molecule has 2 aromatic rings. The van der Waals surface area contributed by atoms with Gasteiger partial charge in [-0.15, -0.1) is 0 Å². The number of halogens is 4. The Morgan fingerprint density at radius 1 is 1.32 bits per heavy atom. The molecule has 0 amide bonds. The maximum atomic E-state index is 12.9. The van der Waals surface area contributed by atoms with Crippen molar-refractivity contribution in [2.75, 3.05) is 13.6 Å². The molecule has 1 atom stereocenters. The van der Waals surface area contributed by atoms with Crippen molar-refractivity contribution in [3.63, 3.8) is 0 Å². The first-order valence-electron chi connectivity index (χ1n) is 6.63. The standard InChI is InChI=1S/C15H13ClF3NO2/c1-20-7-13-10(4-5-21-13)14(8-20)22-9-2-3-12(16)11(6-9)15(17,18)19/h2-6,14H,7-8H2,1H3. The molecule has 0 bridgehead atoms. The Morgan fingerprint density at radius 2 is 2.09 bits per heavy atom. The Kier molecular flexibility index (Phi) is 3.82. The fraction of sp³-hybridized carbons (Fsp3) is 0.333. The molecule has 22 heavy (non-hydrogen) atoms. The summed E-state index contributed by atoms with van der Waals surface area (Å²) in [5.74, 6) is 0.896. The summed E-state index contributed by atoms with van der Waals surface area (Å²) in [6.07, 6.45) is -3.33. The predicted octanol–water partition coefficient (Wildman–Crippen LogP) is 4.52. The van der Waals surface area contributed by atoms with E-state index in [4.69, 9.17) is 20.8 Å². The second-order valence-electron chi connectivity index (χ2n) is 5.24. The fourth-order valence-electron chi connectivity index (χ4n) is 2.52. The molecule has 1 aromatic heterocycles. The second kappa shape index (κ2) is 5.52. The molecule has 0 fully saturated rings. The lowest BCUT2D eigenvalue weighted by atomic mass is 10.1. The number of likely N-dealkylation sites (N-methyl/N-ethyl adjacent to an activating group) is 1. The largest absolute Gasteiger partial charge is 0.484 e. The lowest BCUT2D eigenvalue weighted by molar-refractivity contribution is -0.137. The molecule has 0 radical (unpaired) electrons. The van der Waals surface area contributed by atoms with Gasteiger partial charge in [-0.05, 0) is 31.3 Å². The van der Waals surface area contributed by atoms with Crippen LogP contribution in [0.1, 0.15) is 23.0 Å². The molecule has 7 heteroatoms. The summed E-state index contributed by atoms with van der Waals surface area (Å²) in [6.45, 7) is 1.22. The molecule has 0 saturated heterocycles. The predicted molar refractivity (Wildman–Crippen MR) is 74.9 cm³/mol. The molecular weight excluding hydrogens is 319 g/mol. The van der Waals surface area contributed by atoms with E-state index in [1.54, 1.807) is 12.3 Å². The van der Waals surface area contributed by atoms with E-state index in [1.165, 1.54) is 12.1 Å². The quantitative estimate of drug-likeness (QED) is 0.809. The molecule has 1 aliphatic rings. The van der Waals surface area contributed by atoms with E-state index in [0.29, 0.717) is 13.1 Å². The van der Waals surface area contributed by atoms with E-state index >= 15 is 0 Å². The van der Waals surface area contributed by atoms with Crippen molar-refractivity contribution in [2.24, 2.45) is 0 Å². The number of hydrogen-bond acceptors (Lipinski definition) is 3. The highest BCUT2D eigenvalue weighted by atomic mass is 35.5. The van der Waals surface area contributed by atoms with Crippen molar-refractivity contribution in [2.45, 2.75) is 18.8 Å². The third-order valence-electron chi connectivity index (χ3n) is 3.54. The topological polar surface area (TPSA) is 25.6 Å². The average molecular weight is 332 g/mol. The summed E-state index contributed by atoms with van der Waals surface area (Å²) < 4.78 is 49.8. The summed E-state index contributed by atoms with van der Waals surface area (Å²) >= 11 is 5.61. The Morgan fingerprint density at radius 3 is 2.82 bits per heavy atom. The van der Waals surface area contributed by atoms with E-state index in [2.05, 4.69) is 0 Å². The Bertz CT molecular complexity index is 684. The maximum absolute atomic E-state index is 12.9. The lowest BCUT2D eigenvalue weighted by Gasteiger charge is -2.29. The van der Waals surface area contributed by atoms with Crippen LogP contribution in [0.2, 0.25) is 5.02 Å². The maximum Gasteiger partial charge on any atom is 0.417 e. The first-order chi connectivity index (χ1) is 10.3. The van der Waals surface area contributed by atoms with Crippen LogP contribution in [0, 0.1) is 0 Å². The Labute approximate surface area is 130 Å². The molecule has 3 rings (SSSR count). The van der Waals surface area contributed by atoms with E-state index in [1.807, 2.05) is 11.9 Å². The first-order valence-corrected chi connectivity index (χ1v) is 7.00. The van der Waals surface area contributed by atoms with Crippen LogP contribution in [0.25, 0.3) is 0 Å². The van der Waals surface area contributed by atoms with E-state index in [0.717, 1.165) is 17.4 Å². The number of rotatable bonds is 2. The SMILES string of the molecule is CN1Cc2occc2C(Oc2ccc(Cl)c(C(F)(F)F)c2)C1. The smallest absolute Gasteiger partial charge is 0.417 e. The highest BCUT2D eigenvalue weighted by molar-refractivity contribution is 6.31. The van der Waals surface area contributed by atoms with Crippen molar-refractivity contribution >= 4 is 11.6 Å². The van der Waals surface area contributed by atoms with Crippen molar-refractivity contribution in [3.05, 3.63) is 52.4 Å². The number of furan rings is 1. The van der Waals surface area contributed by atoms with Crippen molar-refractivity contribution in [3.8, 4) is 5.75 Å². The van der Waals surface area contributed by atoms with Crippen molar-refractivity contribution in [1.82, 2.24) is 4.90 Å². The van der Waals surface area contributed by atoms with Gasteiger partial charge in [-0.1, -0.05) is 11.6 Å². The summed E-state index contributed by atoms with van der Waals surface area (Å²) in [7, 11) is 1.89. The van der Waals surface area contributed by atoms with Gasteiger partial charge in [-0.2, -0.15) is 13.2 Å².